The molecule has 0 unspecified atom stereocenters. The highest BCUT2D eigenvalue weighted by atomic mass is 35.5. The van der Waals surface area contributed by atoms with E-state index >= 15 is 0 Å². The first-order chi connectivity index (χ1) is 16.2. The number of fused-ring (bicyclic) bond motifs is 1. The fourth-order valence-electron chi connectivity index (χ4n) is 3.91. The van der Waals surface area contributed by atoms with Gasteiger partial charge in [-0.3, -0.25) is 9.59 Å². The molecule has 3 aromatic carbocycles. The van der Waals surface area contributed by atoms with Crippen LogP contribution in [0, 0.1) is 11.6 Å². The van der Waals surface area contributed by atoms with Gasteiger partial charge in [-0.25, -0.2) is 17.2 Å². The predicted molar refractivity (Wildman–Crippen MR) is 130 cm³/mol. The molecule has 0 aromatic heterocycles. The van der Waals surface area contributed by atoms with Crippen molar-refractivity contribution in [3.63, 3.8) is 0 Å². The van der Waals surface area contributed by atoms with Crippen LogP contribution in [-0.2, 0) is 27.6 Å². The summed E-state index contributed by atoms with van der Waals surface area (Å²) in [4.78, 5) is 26.6. The Kier molecular flexibility index (Phi) is 8.04. The number of hydrogen-bond acceptors (Lipinski definition) is 5. The number of ketones is 1. The zero-order valence-electron chi connectivity index (χ0n) is 18.5. The molecular weight excluding hydrogens is 498 g/mol. The molecule has 35 heavy (non-hydrogen) atoms. The number of benzene rings is 3. The molecule has 0 aliphatic carbocycles. The van der Waals surface area contributed by atoms with Gasteiger partial charge in [-0.2, -0.15) is 0 Å². The van der Waals surface area contributed by atoms with Gasteiger partial charge in [-0.15, -0.1) is 12.4 Å². The Morgan fingerprint density at radius 3 is 2.31 bits per heavy atom. The molecule has 0 fully saturated rings. The van der Waals surface area contributed by atoms with Crippen LogP contribution >= 0.6 is 12.4 Å². The largest absolute Gasteiger partial charge is 0.319 e. The van der Waals surface area contributed by atoms with Gasteiger partial charge >= 0.3 is 0 Å². The third kappa shape index (κ3) is 5.75. The maximum absolute atomic E-state index is 15.0. The second-order valence-corrected chi connectivity index (χ2v) is 10.1. The van der Waals surface area contributed by atoms with E-state index in [4.69, 9.17) is 5.73 Å². The molecule has 0 radical (unpaired) electrons. The molecule has 4 rings (SSSR count). The molecular formula is C25H23ClF2N2O4S. The highest BCUT2D eigenvalue weighted by Gasteiger charge is 2.37. The molecule has 0 saturated carbocycles. The van der Waals surface area contributed by atoms with Gasteiger partial charge in [-0.05, 0) is 41.8 Å². The molecule has 6 nitrogen and oxygen atoms in total. The summed E-state index contributed by atoms with van der Waals surface area (Å²) in [5.74, 6) is -3.37. The van der Waals surface area contributed by atoms with E-state index in [1.165, 1.54) is 24.3 Å². The van der Waals surface area contributed by atoms with Gasteiger partial charge in [0.2, 0.25) is 5.91 Å². The van der Waals surface area contributed by atoms with E-state index in [2.05, 4.69) is 0 Å². The summed E-state index contributed by atoms with van der Waals surface area (Å²) in [6.07, 6.45) is 0.371. The number of hydrogen-bond donors (Lipinski definition) is 1. The molecule has 0 saturated heterocycles. The van der Waals surface area contributed by atoms with Crippen LogP contribution in [0.25, 0.3) is 0 Å². The number of carbonyl (C=O) groups is 2. The smallest absolute Gasteiger partial charge is 0.245 e. The SMILES string of the molecule is Cl.N[C@H]1CS(=O)(=O)c2cc(F)c(C(=O)CCc3ccccc3)cc2N(Cc2ccc(F)cc2)C1=O. The first kappa shape index (κ1) is 26.5. The zero-order valence-corrected chi connectivity index (χ0v) is 20.1. The summed E-state index contributed by atoms with van der Waals surface area (Å²) in [6.45, 7) is -0.126. The minimum Gasteiger partial charge on any atom is -0.319 e. The molecule has 184 valence electrons. The van der Waals surface area contributed by atoms with Crippen LogP contribution in [0.4, 0.5) is 14.5 Å². The number of halogens is 3. The number of anilines is 1. The summed E-state index contributed by atoms with van der Waals surface area (Å²) in [6, 6.07) is 15.0. The van der Waals surface area contributed by atoms with Crippen molar-refractivity contribution in [3.8, 4) is 0 Å². The van der Waals surface area contributed by atoms with Gasteiger partial charge < -0.3 is 10.6 Å². The Labute approximate surface area is 208 Å². The van der Waals surface area contributed by atoms with Crippen molar-refractivity contribution >= 4 is 39.6 Å². The van der Waals surface area contributed by atoms with E-state index in [1.54, 1.807) is 0 Å². The van der Waals surface area contributed by atoms with Crippen molar-refractivity contribution in [1.82, 2.24) is 0 Å². The number of aryl methyl sites for hydroxylation is 1. The van der Waals surface area contributed by atoms with Crippen molar-refractivity contribution in [2.75, 3.05) is 10.7 Å². The Hall–Kier alpha value is -3.14. The van der Waals surface area contributed by atoms with Crippen LogP contribution in [0.5, 0.6) is 0 Å². The molecule has 1 heterocycles. The van der Waals surface area contributed by atoms with Gasteiger partial charge in [0.1, 0.15) is 11.6 Å². The average Bonchev–Trinajstić information content (AvgIpc) is 2.87. The van der Waals surface area contributed by atoms with Crippen molar-refractivity contribution in [2.45, 2.75) is 30.3 Å². The molecule has 2 N–H and O–H groups in total. The summed E-state index contributed by atoms with van der Waals surface area (Å²) in [5.41, 5.74) is 6.84. The zero-order chi connectivity index (χ0) is 24.5. The van der Waals surface area contributed by atoms with Crippen LogP contribution in [0.1, 0.15) is 27.9 Å². The van der Waals surface area contributed by atoms with Crippen molar-refractivity contribution in [1.29, 1.82) is 0 Å². The lowest BCUT2D eigenvalue weighted by molar-refractivity contribution is -0.119. The number of nitrogens with two attached hydrogens (primary N) is 1. The van der Waals surface area contributed by atoms with Crippen LogP contribution in [0.3, 0.4) is 0 Å². The normalized spacial score (nSPS) is 16.7. The minimum absolute atomic E-state index is 0. The lowest BCUT2D eigenvalue weighted by Gasteiger charge is -2.25. The first-order valence-electron chi connectivity index (χ1n) is 10.6. The van der Waals surface area contributed by atoms with Gasteiger partial charge in [0.15, 0.2) is 15.6 Å². The van der Waals surface area contributed by atoms with Gasteiger partial charge in [0.25, 0.3) is 0 Å². The van der Waals surface area contributed by atoms with Crippen molar-refractivity contribution in [3.05, 3.63) is 95.1 Å². The lowest BCUT2D eigenvalue weighted by atomic mass is 10.0. The van der Waals surface area contributed by atoms with Crippen LogP contribution in [-0.4, -0.2) is 31.9 Å². The van der Waals surface area contributed by atoms with Gasteiger partial charge in [-0.1, -0.05) is 42.5 Å². The predicted octanol–water partition coefficient (Wildman–Crippen LogP) is 3.85. The fraction of sp³-hybridized carbons (Fsp3) is 0.200. The Morgan fingerprint density at radius 1 is 1.00 bits per heavy atom. The van der Waals surface area contributed by atoms with Crippen LogP contribution in [0.15, 0.2) is 71.6 Å². The second kappa shape index (κ2) is 10.6. The molecule has 1 atom stereocenters. The van der Waals surface area contributed by atoms with Gasteiger partial charge in [0.05, 0.1) is 34.5 Å². The minimum atomic E-state index is -4.11. The Bertz CT molecular complexity index is 1350. The van der Waals surface area contributed by atoms with Crippen molar-refractivity contribution < 1.29 is 26.8 Å². The maximum Gasteiger partial charge on any atom is 0.245 e. The molecule has 0 bridgehead atoms. The highest BCUT2D eigenvalue weighted by molar-refractivity contribution is 7.91. The monoisotopic (exact) mass is 520 g/mol. The quantitative estimate of drug-likeness (QED) is 0.498. The number of rotatable bonds is 6. The molecule has 1 amide bonds. The number of sulfone groups is 1. The number of Topliss-reactive ketones (excluding diaryl/α,β-unsaturated/α-hetero) is 1. The molecule has 0 spiro atoms. The third-order valence-corrected chi connectivity index (χ3v) is 7.49. The van der Waals surface area contributed by atoms with E-state index in [9.17, 15) is 26.8 Å². The van der Waals surface area contributed by atoms with E-state index < -0.39 is 49.9 Å². The first-order valence-corrected chi connectivity index (χ1v) is 12.3. The molecule has 3 aromatic rings. The number of carbonyl (C=O) groups excluding carboxylic acids is 2. The van der Waals surface area contributed by atoms with E-state index in [-0.39, 0.29) is 36.6 Å². The van der Waals surface area contributed by atoms with E-state index in [1.807, 2.05) is 30.3 Å². The third-order valence-electron chi connectivity index (χ3n) is 5.69. The maximum atomic E-state index is 15.0. The summed E-state index contributed by atoms with van der Waals surface area (Å²) in [7, 11) is -4.11. The Balaban J connectivity index is 0.00000342. The standard InChI is InChI=1S/C25H22F2N2O4S.ClH/c26-18-9-6-17(7-10-18)14-29-22-12-19(23(30)11-8-16-4-2-1-3-5-16)20(27)13-24(22)34(32,33)15-21(28)25(29)31;/h1-7,9-10,12-13,21H,8,11,14-15,28H2;1H/t21-;/m0./s1. The average molecular weight is 521 g/mol. The summed E-state index contributed by atoms with van der Waals surface area (Å²) in [5, 5.41) is 0. The van der Waals surface area contributed by atoms with E-state index in [0.717, 1.165) is 22.6 Å². The van der Waals surface area contributed by atoms with Crippen molar-refractivity contribution in [2.24, 2.45) is 5.73 Å². The molecule has 10 heteroatoms. The number of amides is 1. The van der Waals surface area contributed by atoms with Crippen LogP contribution in [0.2, 0.25) is 0 Å². The highest BCUT2D eigenvalue weighted by Crippen LogP contribution is 2.34. The number of nitrogens with zero attached hydrogens (tertiary/aromatic N) is 1. The fourth-order valence-corrected chi connectivity index (χ4v) is 5.47. The topological polar surface area (TPSA) is 97.5 Å². The van der Waals surface area contributed by atoms with Gasteiger partial charge in [0, 0.05) is 6.42 Å². The molecule has 1 aliphatic rings. The summed E-state index contributed by atoms with van der Waals surface area (Å²) >= 11 is 0. The van der Waals surface area contributed by atoms with Crippen LogP contribution < -0.4 is 10.6 Å². The second-order valence-electron chi connectivity index (χ2n) is 8.15. The Morgan fingerprint density at radius 2 is 1.66 bits per heavy atom. The molecule has 1 aliphatic heterocycles. The van der Waals surface area contributed by atoms with E-state index in [0.29, 0.717) is 12.0 Å². The summed E-state index contributed by atoms with van der Waals surface area (Å²) < 4.78 is 54.0. The lowest BCUT2D eigenvalue weighted by Crippen LogP contribution is -2.45.